The average molecular weight is 666 g/mol. The van der Waals surface area contributed by atoms with Gasteiger partial charge in [-0.1, -0.05) is 146 Å². The number of nitrogens with zero attached hydrogens (tertiary/aromatic N) is 1. The van der Waals surface area contributed by atoms with Crippen LogP contribution < -0.4 is 9.47 Å². The fourth-order valence-corrected chi connectivity index (χ4v) is 8.79. The Labute approximate surface area is 301 Å². The van der Waals surface area contributed by atoms with E-state index in [1.807, 2.05) is 0 Å². The van der Waals surface area contributed by atoms with E-state index in [0.29, 0.717) is 0 Å². The largest absolute Gasteiger partial charge is 0.457 e. The van der Waals surface area contributed by atoms with Crippen LogP contribution in [0.15, 0.2) is 188 Å². The third-order valence-corrected chi connectivity index (χ3v) is 10.9. The Kier molecular flexibility index (Phi) is 6.17. The highest BCUT2D eigenvalue weighted by molar-refractivity contribution is 6.14. The van der Waals surface area contributed by atoms with Crippen LogP contribution in [0.2, 0.25) is 0 Å². The molecule has 11 rings (SSSR count). The van der Waals surface area contributed by atoms with Gasteiger partial charge in [-0.15, -0.1) is 0 Å². The molecule has 2 aliphatic heterocycles. The second kappa shape index (κ2) is 11.1. The number of rotatable bonds is 3. The van der Waals surface area contributed by atoms with Crippen molar-refractivity contribution < 1.29 is 9.47 Å². The highest BCUT2D eigenvalue weighted by atomic mass is 16.5. The van der Waals surface area contributed by atoms with Crippen molar-refractivity contribution in [2.75, 3.05) is 0 Å². The first kappa shape index (κ1) is 28.9. The summed E-state index contributed by atoms with van der Waals surface area (Å²) >= 11 is 0. The normalized spacial score (nSPS) is 13.5. The molecule has 2 aliphatic rings. The molecule has 8 aromatic carbocycles. The van der Waals surface area contributed by atoms with E-state index >= 15 is 0 Å². The molecule has 0 aliphatic carbocycles. The zero-order valence-electron chi connectivity index (χ0n) is 28.2. The van der Waals surface area contributed by atoms with Crippen LogP contribution in [0.4, 0.5) is 0 Å². The lowest BCUT2D eigenvalue weighted by atomic mass is 9.61. The Hall–Kier alpha value is -6.84. The van der Waals surface area contributed by atoms with Crippen molar-refractivity contribution in [1.29, 1.82) is 0 Å². The van der Waals surface area contributed by atoms with Crippen molar-refractivity contribution in [2.45, 2.75) is 5.41 Å². The minimum Gasteiger partial charge on any atom is -0.457 e. The molecular weight excluding hydrogens is 635 g/mol. The van der Waals surface area contributed by atoms with Gasteiger partial charge in [0.2, 0.25) is 0 Å². The van der Waals surface area contributed by atoms with E-state index in [0.717, 1.165) is 78.7 Å². The second-order valence-electron chi connectivity index (χ2n) is 13.6. The molecule has 3 nitrogen and oxygen atoms in total. The first-order chi connectivity index (χ1) is 25.8. The van der Waals surface area contributed by atoms with Gasteiger partial charge in [0.05, 0.1) is 16.4 Å². The van der Waals surface area contributed by atoms with Crippen LogP contribution in [-0.4, -0.2) is 4.57 Å². The minimum atomic E-state index is -0.713. The van der Waals surface area contributed by atoms with Crippen LogP contribution in [0.5, 0.6) is 23.0 Å². The maximum atomic E-state index is 7.23. The highest BCUT2D eigenvalue weighted by Gasteiger charge is 2.51. The molecule has 52 heavy (non-hydrogen) atoms. The standard InChI is InChI=1S/C49H31NO2/c1-3-15-32(16-4-1)33-29-30-46-42(31-33)49(39-23-8-11-27-44(39)51-45-28-12-9-24-40(45)49)41-25-14-22-38(48(41)52-46)37-21-13-20-36-35-19-7-10-26-43(35)50(47(36)37)34-17-5-2-6-18-34/h1-31H. The molecule has 3 heterocycles. The first-order valence-corrected chi connectivity index (χ1v) is 17.8. The van der Waals surface area contributed by atoms with Crippen LogP contribution in [-0.2, 0) is 5.41 Å². The Morgan fingerprint density at radius 1 is 0.385 bits per heavy atom. The Bertz CT molecular complexity index is 2810. The third kappa shape index (κ3) is 3.96. The smallest absolute Gasteiger partial charge is 0.140 e. The van der Waals surface area contributed by atoms with Gasteiger partial charge in [-0.05, 0) is 53.6 Å². The Balaban J connectivity index is 1.27. The van der Waals surface area contributed by atoms with E-state index in [-0.39, 0.29) is 0 Å². The van der Waals surface area contributed by atoms with Gasteiger partial charge in [0.1, 0.15) is 23.0 Å². The monoisotopic (exact) mass is 665 g/mol. The first-order valence-electron chi connectivity index (χ1n) is 17.8. The summed E-state index contributed by atoms with van der Waals surface area (Å²) in [5.41, 5.74) is 11.6. The number of ether oxygens (including phenoxy) is 2. The number of hydrogen-bond acceptors (Lipinski definition) is 2. The molecule has 0 radical (unpaired) electrons. The van der Waals surface area contributed by atoms with Gasteiger partial charge in [0.15, 0.2) is 0 Å². The summed E-state index contributed by atoms with van der Waals surface area (Å²) in [6.45, 7) is 0. The zero-order valence-corrected chi connectivity index (χ0v) is 28.2. The van der Waals surface area contributed by atoms with Crippen LogP contribution in [0, 0.1) is 0 Å². The van der Waals surface area contributed by atoms with Crippen molar-refractivity contribution in [3.63, 3.8) is 0 Å². The van der Waals surface area contributed by atoms with Gasteiger partial charge in [0.25, 0.3) is 0 Å². The summed E-state index contributed by atoms with van der Waals surface area (Å²) < 4.78 is 16.3. The number of benzene rings is 8. The van der Waals surface area contributed by atoms with E-state index in [2.05, 4.69) is 193 Å². The molecule has 0 fully saturated rings. The van der Waals surface area contributed by atoms with Gasteiger partial charge in [-0.2, -0.15) is 0 Å². The minimum absolute atomic E-state index is 0.713. The van der Waals surface area contributed by atoms with Crippen LogP contribution in [0.1, 0.15) is 22.3 Å². The lowest BCUT2D eigenvalue weighted by Gasteiger charge is -2.45. The van der Waals surface area contributed by atoms with Crippen molar-refractivity contribution in [2.24, 2.45) is 0 Å². The molecule has 0 saturated carbocycles. The SMILES string of the molecule is c1ccc(-c2ccc3c(c2)C2(c4ccccc4Oc4ccccc42)c2cccc(-c4cccc5c6ccccc6n(-c6ccccc6)c45)c2O3)cc1. The molecule has 1 spiro atoms. The maximum absolute atomic E-state index is 7.23. The number of hydrogen-bond donors (Lipinski definition) is 0. The second-order valence-corrected chi connectivity index (χ2v) is 13.6. The van der Waals surface area contributed by atoms with E-state index in [4.69, 9.17) is 9.47 Å². The summed E-state index contributed by atoms with van der Waals surface area (Å²) in [6, 6.07) is 66.9. The van der Waals surface area contributed by atoms with E-state index in [1.165, 1.54) is 16.3 Å². The van der Waals surface area contributed by atoms with Gasteiger partial charge in [-0.25, -0.2) is 0 Å². The van der Waals surface area contributed by atoms with E-state index in [1.54, 1.807) is 0 Å². The predicted octanol–water partition coefficient (Wildman–Crippen LogP) is 12.7. The Morgan fingerprint density at radius 2 is 0.981 bits per heavy atom. The van der Waals surface area contributed by atoms with Crippen molar-refractivity contribution in [3.05, 3.63) is 210 Å². The molecule has 0 atom stereocenters. The van der Waals surface area contributed by atoms with E-state index in [9.17, 15) is 0 Å². The van der Waals surface area contributed by atoms with Crippen molar-refractivity contribution >= 4 is 21.8 Å². The van der Waals surface area contributed by atoms with Crippen molar-refractivity contribution in [3.8, 4) is 50.9 Å². The maximum Gasteiger partial charge on any atom is 0.140 e. The van der Waals surface area contributed by atoms with Gasteiger partial charge >= 0.3 is 0 Å². The molecule has 1 aromatic heterocycles. The predicted molar refractivity (Wildman–Crippen MR) is 210 cm³/mol. The number of para-hydroxylation sites is 6. The molecule has 0 N–H and O–H groups in total. The van der Waals surface area contributed by atoms with Gasteiger partial charge in [0, 0.05) is 49.8 Å². The number of fused-ring (bicyclic) bond motifs is 11. The highest BCUT2D eigenvalue weighted by Crippen LogP contribution is 2.63. The number of aromatic nitrogens is 1. The van der Waals surface area contributed by atoms with Gasteiger partial charge in [-0.3, -0.25) is 0 Å². The molecule has 0 amide bonds. The summed E-state index contributed by atoms with van der Waals surface area (Å²) in [5, 5.41) is 2.42. The third-order valence-electron chi connectivity index (χ3n) is 10.9. The molecule has 244 valence electrons. The van der Waals surface area contributed by atoms with Crippen molar-refractivity contribution in [1.82, 2.24) is 4.57 Å². The summed E-state index contributed by atoms with van der Waals surface area (Å²) in [4.78, 5) is 0. The van der Waals surface area contributed by atoms with Crippen LogP contribution in [0.3, 0.4) is 0 Å². The summed E-state index contributed by atoms with van der Waals surface area (Å²) in [5.74, 6) is 3.39. The zero-order chi connectivity index (χ0) is 34.2. The van der Waals surface area contributed by atoms with Crippen LogP contribution in [0.25, 0.3) is 49.7 Å². The Morgan fingerprint density at radius 3 is 1.77 bits per heavy atom. The molecule has 0 unspecified atom stereocenters. The van der Waals surface area contributed by atoms with Gasteiger partial charge < -0.3 is 14.0 Å². The summed E-state index contributed by atoms with van der Waals surface area (Å²) in [7, 11) is 0. The fraction of sp³-hybridized carbons (Fsp3) is 0.0204. The molecule has 0 bridgehead atoms. The summed E-state index contributed by atoms with van der Waals surface area (Å²) in [6.07, 6.45) is 0. The molecule has 9 aromatic rings. The quantitative estimate of drug-likeness (QED) is 0.187. The lowest BCUT2D eigenvalue weighted by molar-refractivity contribution is 0.400. The van der Waals surface area contributed by atoms with E-state index < -0.39 is 5.41 Å². The molecule has 0 saturated heterocycles. The fourth-order valence-electron chi connectivity index (χ4n) is 8.79. The average Bonchev–Trinajstić information content (AvgIpc) is 3.56. The molecular formula is C49H31NO2. The lowest BCUT2D eigenvalue weighted by Crippen LogP contribution is -2.37. The van der Waals surface area contributed by atoms with Crippen LogP contribution >= 0.6 is 0 Å². The topological polar surface area (TPSA) is 23.4 Å². The molecule has 3 heteroatoms.